The third-order valence-electron chi connectivity index (χ3n) is 10.3. The molecule has 1 fully saturated rings. The zero-order valence-electron chi connectivity index (χ0n) is 32.9. The number of rotatable bonds is 22. The van der Waals surface area contributed by atoms with E-state index in [1.165, 1.54) is 41.1 Å². The number of nitrogens with zero attached hydrogens (tertiary/aromatic N) is 2. The van der Waals surface area contributed by atoms with Gasteiger partial charge in [-0.15, -0.1) is 0 Å². The lowest BCUT2D eigenvalue weighted by atomic mass is 9.98. The number of carboxylic acids is 1. The maximum absolute atomic E-state index is 14.4. The van der Waals surface area contributed by atoms with Crippen LogP contribution < -0.4 is 16.0 Å². The summed E-state index contributed by atoms with van der Waals surface area (Å²) in [5.74, 6) is -3.65. The Labute approximate surface area is 324 Å². The number of aromatic hydroxyl groups is 2. The summed E-state index contributed by atoms with van der Waals surface area (Å²) in [5.41, 5.74) is 1.22. The molecule has 0 radical (unpaired) electrons. The van der Waals surface area contributed by atoms with Crippen LogP contribution in [0.5, 0.6) is 11.5 Å². The van der Waals surface area contributed by atoms with E-state index in [1.807, 2.05) is 13.8 Å². The number of carboxylic acid groups (broad SMARTS) is 1. The first-order valence-electron chi connectivity index (χ1n) is 19.5. The van der Waals surface area contributed by atoms with Crippen LogP contribution in [0.4, 0.5) is 0 Å². The van der Waals surface area contributed by atoms with Gasteiger partial charge in [0, 0.05) is 32.5 Å². The van der Waals surface area contributed by atoms with Crippen LogP contribution in [0, 0.1) is 5.92 Å². The number of phenolic OH excluding ortho intramolecular Hbond substituents is 2. The number of amides is 4. The number of aliphatic hydroxyl groups excluding tert-OH is 1. The van der Waals surface area contributed by atoms with Gasteiger partial charge in [-0.1, -0.05) is 77.1 Å². The highest BCUT2D eigenvalue weighted by atomic mass is 16.4. The van der Waals surface area contributed by atoms with Crippen molar-refractivity contribution in [2.75, 3.05) is 20.6 Å². The van der Waals surface area contributed by atoms with E-state index in [2.05, 4.69) is 22.9 Å². The Morgan fingerprint density at radius 2 is 1.42 bits per heavy atom. The number of phenols is 2. The summed E-state index contributed by atoms with van der Waals surface area (Å²) >= 11 is 0. The van der Waals surface area contributed by atoms with Crippen molar-refractivity contribution in [1.82, 2.24) is 25.8 Å². The fourth-order valence-electron chi connectivity index (χ4n) is 7.04. The van der Waals surface area contributed by atoms with Crippen molar-refractivity contribution in [2.45, 2.75) is 128 Å². The molecular formula is C41H61N5O9. The molecule has 14 heteroatoms. The van der Waals surface area contributed by atoms with Gasteiger partial charge in [0.2, 0.25) is 17.7 Å². The zero-order chi connectivity index (χ0) is 40.7. The van der Waals surface area contributed by atoms with Gasteiger partial charge >= 0.3 is 5.97 Å². The van der Waals surface area contributed by atoms with Gasteiger partial charge in [-0.25, -0.2) is 4.79 Å². The van der Waals surface area contributed by atoms with Crippen LogP contribution in [0.2, 0.25) is 0 Å². The maximum atomic E-state index is 14.4. The Kier molecular flexibility index (Phi) is 17.9. The standard InChI is InChI=1S/C41H61N5O9/c1-6-7-8-9-10-12-31(42-4)36(49)38(51)43-32(24-27-14-18-29(47)19-15-27)39(52)45(5)35(23-26(2)3)40(53)46-22-11-13-34(46)37(50)44-33(41(54)55)25-28-16-20-30(48)21-17-28/h14-21,26,31-36,42,47-49H,6-13,22-25H2,1-5H3,(H,43,51)(H,44,50)(H,54,55). The number of aliphatic carboxylic acids is 1. The molecule has 0 aliphatic carbocycles. The molecular weight excluding hydrogens is 706 g/mol. The molecule has 1 aliphatic heterocycles. The van der Waals surface area contributed by atoms with Crippen LogP contribution in [0.15, 0.2) is 48.5 Å². The van der Waals surface area contributed by atoms with E-state index in [4.69, 9.17) is 0 Å². The summed E-state index contributed by atoms with van der Waals surface area (Å²) in [7, 11) is 3.15. The molecule has 1 heterocycles. The number of hydrogen-bond donors (Lipinski definition) is 7. The number of unbranched alkanes of at least 4 members (excludes halogenated alkanes) is 4. The van der Waals surface area contributed by atoms with E-state index < -0.39 is 65.9 Å². The molecule has 2 aromatic rings. The van der Waals surface area contributed by atoms with Crippen molar-refractivity contribution in [3.63, 3.8) is 0 Å². The first-order valence-corrected chi connectivity index (χ1v) is 19.5. The van der Waals surface area contributed by atoms with Crippen molar-refractivity contribution in [2.24, 2.45) is 5.92 Å². The predicted molar refractivity (Wildman–Crippen MR) is 208 cm³/mol. The third-order valence-corrected chi connectivity index (χ3v) is 10.3. The molecule has 6 atom stereocenters. The second kappa shape index (κ2) is 22.0. The van der Waals surface area contributed by atoms with Crippen LogP contribution >= 0.6 is 0 Å². The van der Waals surface area contributed by atoms with Crippen LogP contribution in [-0.2, 0) is 36.8 Å². The Morgan fingerprint density at radius 1 is 0.855 bits per heavy atom. The number of hydrogen-bond acceptors (Lipinski definition) is 9. The highest BCUT2D eigenvalue weighted by Crippen LogP contribution is 2.24. The third kappa shape index (κ3) is 13.5. The van der Waals surface area contributed by atoms with Crippen LogP contribution in [0.3, 0.4) is 0 Å². The summed E-state index contributed by atoms with van der Waals surface area (Å²) in [4.78, 5) is 70.8. The lowest BCUT2D eigenvalue weighted by Crippen LogP contribution is -2.59. The molecule has 2 aromatic carbocycles. The Balaban J connectivity index is 1.83. The topological polar surface area (TPSA) is 209 Å². The minimum absolute atomic E-state index is 0.0120. The lowest BCUT2D eigenvalue weighted by molar-refractivity contribution is -0.150. The molecule has 1 aliphatic rings. The number of aliphatic hydroxyl groups is 1. The van der Waals surface area contributed by atoms with E-state index in [0.29, 0.717) is 30.4 Å². The van der Waals surface area contributed by atoms with E-state index in [-0.39, 0.29) is 43.2 Å². The Hall–Kier alpha value is -4.69. The number of carbonyl (C=O) groups is 5. The Bertz CT molecular complexity index is 1550. The number of benzene rings is 2. The van der Waals surface area contributed by atoms with Crippen molar-refractivity contribution in [3.8, 4) is 11.5 Å². The molecule has 4 amide bonds. The van der Waals surface area contributed by atoms with E-state index in [1.54, 1.807) is 31.3 Å². The summed E-state index contributed by atoms with van der Waals surface area (Å²) in [5, 5.41) is 48.8. The SMILES string of the molecule is CCCCCCCC(NC)C(O)C(=O)NC(Cc1ccc(O)cc1)C(=O)N(C)C(CC(C)C)C(=O)N1CCCC1C(=O)NC(Cc1ccc(O)cc1)C(=O)O. The molecule has 7 N–H and O–H groups in total. The number of likely N-dealkylation sites (N-methyl/N-ethyl adjacent to an activating group) is 2. The highest BCUT2D eigenvalue weighted by molar-refractivity contribution is 5.96. The highest BCUT2D eigenvalue weighted by Gasteiger charge is 2.42. The average molecular weight is 768 g/mol. The summed E-state index contributed by atoms with van der Waals surface area (Å²) in [6.45, 7) is 6.16. The monoisotopic (exact) mass is 767 g/mol. The average Bonchev–Trinajstić information content (AvgIpc) is 3.66. The summed E-state index contributed by atoms with van der Waals surface area (Å²) in [6.07, 6.45) is 5.19. The molecule has 0 aromatic heterocycles. The largest absolute Gasteiger partial charge is 0.508 e. The summed E-state index contributed by atoms with van der Waals surface area (Å²) < 4.78 is 0. The minimum Gasteiger partial charge on any atom is -0.508 e. The van der Waals surface area contributed by atoms with Crippen molar-refractivity contribution < 1.29 is 44.4 Å². The molecule has 1 saturated heterocycles. The quantitative estimate of drug-likeness (QED) is 0.0872. The molecule has 0 saturated carbocycles. The fraction of sp³-hybridized carbons (Fsp3) is 0.585. The van der Waals surface area contributed by atoms with Gasteiger partial charge in [0.25, 0.3) is 5.91 Å². The number of likely N-dealkylation sites (tertiary alicyclic amines) is 1. The molecule has 14 nitrogen and oxygen atoms in total. The molecule has 3 rings (SSSR count). The number of nitrogens with one attached hydrogen (secondary N) is 3. The van der Waals surface area contributed by atoms with E-state index in [9.17, 15) is 44.4 Å². The van der Waals surface area contributed by atoms with Gasteiger partial charge in [0.05, 0.1) is 0 Å². The van der Waals surface area contributed by atoms with Crippen molar-refractivity contribution >= 4 is 29.6 Å². The second-order valence-corrected chi connectivity index (χ2v) is 15.0. The molecule has 6 unspecified atom stereocenters. The maximum Gasteiger partial charge on any atom is 0.326 e. The zero-order valence-corrected chi connectivity index (χ0v) is 32.9. The fourth-order valence-corrected chi connectivity index (χ4v) is 7.04. The van der Waals surface area contributed by atoms with Crippen LogP contribution in [0.1, 0.15) is 89.7 Å². The van der Waals surface area contributed by atoms with Gasteiger partial charge in [-0.3, -0.25) is 19.2 Å². The lowest BCUT2D eigenvalue weighted by Gasteiger charge is -2.36. The van der Waals surface area contributed by atoms with Gasteiger partial charge in [-0.05, 0) is 74.0 Å². The number of carbonyl (C=O) groups excluding carboxylic acids is 4. The molecule has 55 heavy (non-hydrogen) atoms. The predicted octanol–water partition coefficient (Wildman–Crippen LogP) is 3.11. The van der Waals surface area contributed by atoms with Gasteiger partial charge in [0.15, 0.2) is 0 Å². The normalized spacial score (nSPS) is 16.9. The van der Waals surface area contributed by atoms with Crippen LogP contribution in [0.25, 0.3) is 0 Å². The molecule has 0 bridgehead atoms. The van der Waals surface area contributed by atoms with Gasteiger partial charge in [0.1, 0.15) is 41.8 Å². The Morgan fingerprint density at radius 3 is 1.95 bits per heavy atom. The van der Waals surface area contributed by atoms with Gasteiger partial charge < -0.3 is 46.2 Å². The first-order chi connectivity index (χ1) is 26.2. The van der Waals surface area contributed by atoms with E-state index in [0.717, 1.165) is 32.1 Å². The minimum atomic E-state index is -1.45. The van der Waals surface area contributed by atoms with E-state index >= 15 is 0 Å². The van der Waals surface area contributed by atoms with Crippen molar-refractivity contribution in [1.29, 1.82) is 0 Å². The molecule has 304 valence electrons. The van der Waals surface area contributed by atoms with Gasteiger partial charge in [-0.2, -0.15) is 0 Å². The summed E-state index contributed by atoms with van der Waals surface area (Å²) in [6, 6.07) is 7.19. The second-order valence-electron chi connectivity index (χ2n) is 15.0. The smallest absolute Gasteiger partial charge is 0.326 e. The molecule has 0 spiro atoms. The van der Waals surface area contributed by atoms with Crippen molar-refractivity contribution in [3.05, 3.63) is 59.7 Å². The van der Waals surface area contributed by atoms with Crippen LogP contribution in [-0.4, -0.2) is 117 Å². The first kappa shape index (κ1) is 44.7.